The minimum Gasteiger partial charge on any atom is -0.491 e. The molecular formula is C16H26N2O3. The number of aliphatic hydroxyl groups is 1. The SMILES string of the molecule is CCNC(=O)C(C)NCC(O)COc1ccc(C)cc1C. The van der Waals surface area contributed by atoms with Crippen LogP contribution in [0.3, 0.4) is 0 Å². The monoisotopic (exact) mass is 294 g/mol. The van der Waals surface area contributed by atoms with Gasteiger partial charge in [-0.25, -0.2) is 0 Å². The van der Waals surface area contributed by atoms with E-state index in [2.05, 4.69) is 10.6 Å². The molecule has 0 saturated carbocycles. The minimum absolute atomic E-state index is 0.0694. The molecule has 3 N–H and O–H groups in total. The van der Waals surface area contributed by atoms with Crippen LogP contribution in [0.4, 0.5) is 0 Å². The highest BCUT2D eigenvalue weighted by atomic mass is 16.5. The van der Waals surface area contributed by atoms with Gasteiger partial charge in [-0.15, -0.1) is 0 Å². The molecule has 0 spiro atoms. The second-order valence-electron chi connectivity index (χ2n) is 5.26. The van der Waals surface area contributed by atoms with Crippen molar-refractivity contribution in [2.24, 2.45) is 0 Å². The number of rotatable bonds is 8. The van der Waals surface area contributed by atoms with Gasteiger partial charge >= 0.3 is 0 Å². The van der Waals surface area contributed by atoms with Gasteiger partial charge in [0.1, 0.15) is 18.5 Å². The van der Waals surface area contributed by atoms with E-state index in [1.807, 2.05) is 39.0 Å². The summed E-state index contributed by atoms with van der Waals surface area (Å²) in [5, 5.41) is 15.6. The third-order valence-corrected chi connectivity index (χ3v) is 3.17. The van der Waals surface area contributed by atoms with E-state index in [0.717, 1.165) is 11.3 Å². The van der Waals surface area contributed by atoms with Crippen molar-refractivity contribution in [3.63, 3.8) is 0 Å². The molecule has 0 fully saturated rings. The van der Waals surface area contributed by atoms with E-state index in [9.17, 15) is 9.90 Å². The summed E-state index contributed by atoms with van der Waals surface area (Å²) in [6.07, 6.45) is -0.664. The minimum atomic E-state index is -0.664. The molecule has 1 amide bonds. The van der Waals surface area contributed by atoms with E-state index in [-0.39, 0.29) is 18.6 Å². The standard InChI is InChI=1S/C16H26N2O3/c1-5-17-16(20)13(4)18-9-14(19)10-21-15-7-6-11(2)8-12(15)3/h6-8,13-14,18-19H,5,9-10H2,1-4H3,(H,17,20). The van der Waals surface area contributed by atoms with E-state index in [4.69, 9.17) is 4.74 Å². The smallest absolute Gasteiger partial charge is 0.236 e. The normalized spacial score (nSPS) is 13.6. The van der Waals surface area contributed by atoms with E-state index >= 15 is 0 Å². The Hall–Kier alpha value is -1.59. The zero-order valence-electron chi connectivity index (χ0n) is 13.3. The number of hydrogen-bond acceptors (Lipinski definition) is 4. The van der Waals surface area contributed by atoms with Gasteiger partial charge in [0.15, 0.2) is 0 Å². The predicted molar refractivity (Wildman–Crippen MR) is 83.6 cm³/mol. The number of hydrogen-bond donors (Lipinski definition) is 3. The highest BCUT2D eigenvalue weighted by Crippen LogP contribution is 2.18. The number of carbonyl (C=O) groups is 1. The summed E-state index contributed by atoms with van der Waals surface area (Å²) in [4.78, 5) is 11.5. The molecule has 21 heavy (non-hydrogen) atoms. The summed E-state index contributed by atoms with van der Waals surface area (Å²) in [6.45, 7) is 8.74. The Labute approximate surface area is 126 Å². The first-order valence-corrected chi connectivity index (χ1v) is 7.33. The number of aryl methyl sites for hydroxylation is 2. The first-order valence-electron chi connectivity index (χ1n) is 7.33. The molecule has 0 aromatic heterocycles. The van der Waals surface area contributed by atoms with Crippen molar-refractivity contribution in [2.45, 2.75) is 39.8 Å². The van der Waals surface area contributed by atoms with Gasteiger partial charge < -0.3 is 20.5 Å². The zero-order valence-corrected chi connectivity index (χ0v) is 13.3. The summed E-state index contributed by atoms with van der Waals surface area (Å²) >= 11 is 0. The highest BCUT2D eigenvalue weighted by molar-refractivity contribution is 5.81. The van der Waals surface area contributed by atoms with E-state index in [1.165, 1.54) is 5.56 Å². The fourth-order valence-electron chi connectivity index (χ4n) is 1.94. The Morgan fingerprint density at radius 1 is 1.38 bits per heavy atom. The fourth-order valence-corrected chi connectivity index (χ4v) is 1.94. The number of aliphatic hydroxyl groups excluding tert-OH is 1. The number of carbonyl (C=O) groups excluding carboxylic acids is 1. The maximum atomic E-state index is 11.5. The molecule has 1 aromatic carbocycles. The van der Waals surface area contributed by atoms with Crippen molar-refractivity contribution in [3.05, 3.63) is 29.3 Å². The quantitative estimate of drug-likeness (QED) is 0.673. The lowest BCUT2D eigenvalue weighted by Gasteiger charge is -2.17. The largest absolute Gasteiger partial charge is 0.491 e. The number of benzene rings is 1. The first-order chi connectivity index (χ1) is 9.93. The zero-order chi connectivity index (χ0) is 15.8. The van der Waals surface area contributed by atoms with Crippen LogP contribution in [-0.4, -0.2) is 42.9 Å². The summed E-state index contributed by atoms with van der Waals surface area (Å²) in [7, 11) is 0. The van der Waals surface area contributed by atoms with Crippen LogP contribution < -0.4 is 15.4 Å². The van der Waals surface area contributed by atoms with Crippen molar-refractivity contribution < 1.29 is 14.6 Å². The Bertz CT molecular complexity index is 463. The van der Waals surface area contributed by atoms with Gasteiger partial charge in [0.2, 0.25) is 5.91 Å². The molecular weight excluding hydrogens is 268 g/mol. The van der Waals surface area contributed by atoms with Crippen LogP contribution in [0.25, 0.3) is 0 Å². The lowest BCUT2D eigenvalue weighted by molar-refractivity contribution is -0.122. The summed E-state index contributed by atoms with van der Waals surface area (Å²) in [5.74, 6) is 0.705. The molecule has 1 rings (SSSR count). The predicted octanol–water partition coefficient (Wildman–Crippen LogP) is 1.16. The molecule has 0 bridgehead atoms. The maximum Gasteiger partial charge on any atom is 0.236 e. The first kappa shape index (κ1) is 17.5. The number of nitrogens with one attached hydrogen (secondary N) is 2. The van der Waals surface area contributed by atoms with Crippen LogP contribution in [0.2, 0.25) is 0 Å². The van der Waals surface area contributed by atoms with Gasteiger partial charge in [-0.2, -0.15) is 0 Å². The van der Waals surface area contributed by atoms with Gasteiger partial charge in [0, 0.05) is 13.1 Å². The molecule has 0 aliphatic heterocycles. The summed E-state index contributed by atoms with van der Waals surface area (Å²) < 4.78 is 5.60. The van der Waals surface area contributed by atoms with Crippen molar-refractivity contribution in [2.75, 3.05) is 19.7 Å². The molecule has 118 valence electrons. The molecule has 2 unspecified atom stereocenters. The van der Waals surface area contributed by atoms with E-state index < -0.39 is 6.10 Å². The average molecular weight is 294 g/mol. The van der Waals surface area contributed by atoms with Crippen LogP contribution in [0.15, 0.2) is 18.2 Å². The molecule has 5 nitrogen and oxygen atoms in total. The fraction of sp³-hybridized carbons (Fsp3) is 0.562. The third-order valence-electron chi connectivity index (χ3n) is 3.17. The molecule has 0 heterocycles. The Balaban J connectivity index is 2.34. The van der Waals surface area contributed by atoms with Crippen molar-refractivity contribution in [3.8, 4) is 5.75 Å². The van der Waals surface area contributed by atoms with Gasteiger partial charge in [0.05, 0.1) is 6.04 Å². The lowest BCUT2D eigenvalue weighted by atomic mass is 10.1. The lowest BCUT2D eigenvalue weighted by Crippen LogP contribution is -2.45. The maximum absolute atomic E-state index is 11.5. The van der Waals surface area contributed by atoms with Crippen molar-refractivity contribution in [1.29, 1.82) is 0 Å². The van der Waals surface area contributed by atoms with Crippen LogP contribution in [0, 0.1) is 13.8 Å². The third kappa shape index (κ3) is 6.14. The average Bonchev–Trinajstić information content (AvgIpc) is 2.44. The highest BCUT2D eigenvalue weighted by Gasteiger charge is 2.13. The van der Waals surface area contributed by atoms with Gasteiger partial charge in [-0.3, -0.25) is 4.79 Å². The Morgan fingerprint density at radius 2 is 2.10 bits per heavy atom. The second kappa shape index (κ2) is 8.64. The van der Waals surface area contributed by atoms with Crippen molar-refractivity contribution in [1.82, 2.24) is 10.6 Å². The molecule has 0 aliphatic rings. The molecule has 0 aliphatic carbocycles. The molecule has 1 aromatic rings. The van der Waals surface area contributed by atoms with Crippen LogP contribution >= 0.6 is 0 Å². The second-order valence-corrected chi connectivity index (χ2v) is 5.26. The number of likely N-dealkylation sites (N-methyl/N-ethyl adjacent to an activating group) is 1. The van der Waals surface area contributed by atoms with Crippen LogP contribution in [0.5, 0.6) is 5.75 Å². The molecule has 0 radical (unpaired) electrons. The van der Waals surface area contributed by atoms with Crippen molar-refractivity contribution >= 4 is 5.91 Å². The van der Waals surface area contributed by atoms with Crippen LogP contribution in [-0.2, 0) is 4.79 Å². The summed E-state index contributed by atoms with van der Waals surface area (Å²) in [6, 6.07) is 5.59. The summed E-state index contributed by atoms with van der Waals surface area (Å²) in [5.41, 5.74) is 2.23. The number of amides is 1. The van der Waals surface area contributed by atoms with Gasteiger partial charge in [-0.05, 0) is 39.3 Å². The van der Waals surface area contributed by atoms with Crippen LogP contribution in [0.1, 0.15) is 25.0 Å². The Morgan fingerprint density at radius 3 is 2.71 bits per heavy atom. The van der Waals surface area contributed by atoms with E-state index in [0.29, 0.717) is 13.1 Å². The van der Waals surface area contributed by atoms with Gasteiger partial charge in [0.25, 0.3) is 0 Å². The molecule has 5 heteroatoms. The van der Waals surface area contributed by atoms with E-state index in [1.54, 1.807) is 6.92 Å². The topological polar surface area (TPSA) is 70.6 Å². The number of ether oxygens (including phenoxy) is 1. The Kier molecular flexibility index (Phi) is 7.19. The molecule has 2 atom stereocenters. The van der Waals surface area contributed by atoms with Gasteiger partial charge in [-0.1, -0.05) is 17.7 Å². The molecule has 0 saturated heterocycles.